The van der Waals surface area contributed by atoms with Crippen LogP contribution in [0.3, 0.4) is 0 Å². The summed E-state index contributed by atoms with van der Waals surface area (Å²) in [4.78, 5) is 11.0. The molecule has 0 bridgehead atoms. The minimum atomic E-state index is -0.282. The van der Waals surface area contributed by atoms with Gasteiger partial charge in [-0.05, 0) is 46.6 Å². The molecule has 0 spiro atoms. The highest BCUT2D eigenvalue weighted by molar-refractivity contribution is 5.81. The topological polar surface area (TPSA) is 26.3 Å². The van der Waals surface area contributed by atoms with E-state index in [0.717, 1.165) is 12.8 Å². The van der Waals surface area contributed by atoms with Gasteiger partial charge in [0, 0.05) is 6.08 Å². The number of hydrogen-bond acceptors (Lipinski definition) is 2. The molecule has 2 heteroatoms. The zero-order valence-electron chi connectivity index (χ0n) is 10.7. The van der Waals surface area contributed by atoms with Crippen molar-refractivity contribution in [2.24, 2.45) is 0 Å². The second kappa shape index (κ2) is 8.96. The van der Waals surface area contributed by atoms with Crippen molar-refractivity contribution in [2.75, 3.05) is 6.61 Å². The number of esters is 1. The fourth-order valence-electron chi connectivity index (χ4n) is 1.14. The highest BCUT2D eigenvalue weighted by Gasteiger charge is 1.94. The van der Waals surface area contributed by atoms with E-state index in [1.165, 1.54) is 17.2 Å². The van der Waals surface area contributed by atoms with Gasteiger partial charge >= 0.3 is 5.97 Å². The van der Waals surface area contributed by atoms with Gasteiger partial charge in [0.05, 0.1) is 0 Å². The van der Waals surface area contributed by atoms with Gasteiger partial charge in [-0.2, -0.15) is 0 Å². The van der Waals surface area contributed by atoms with Crippen molar-refractivity contribution >= 4 is 5.97 Å². The molecule has 0 amide bonds. The molecular formula is C14H22O2. The van der Waals surface area contributed by atoms with E-state index in [0.29, 0.717) is 6.61 Å². The van der Waals surface area contributed by atoms with Gasteiger partial charge in [0.2, 0.25) is 0 Å². The Morgan fingerprint density at radius 1 is 1.19 bits per heavy atom. The van der Waals surface area contributed by atoms with E-state index < -0.39 is 0 Å². The third-order valence-electron chi connectivity index (χ3n) is 2.05. The van der Waals surface area contributed by atoms with Crippen molar-refractivity contribution in [1.29, 1.82) is 0 Å². The smallest absolute Gasteiger partial charge is 0.330 e. The molecule has 0 aliphatic rings. The Balaban J connectivity index is 3.79. The number of ether oxygens (including phenoxy) is 1. The first-order chi connectivity index (χ1) is 7.56. The summed E-state index contributed by atoms with van der Waals surface area (Å²) in [6, 6.07) is 0. The fraction of sp³-hybridized carbons (Fsp3) is 0.500. The largest absolute Gasteiger partial charge is 0.458 e. The third kappa shape index (κ3) is 9.25. The van der Waals surface area contributed by atoms with Crippen molar-refractivity contribution < 1.29 is 9.53 Å². The molecule has 0 aliphatic carbocycles. The first-order valence-corrected chi connectivity index (χ1v) is 5.64. The van der Waals surface area contributed by atoms with Crippen molar-refractivity contribution in [3.8, 4) is 0 Å². The predicted molar refractivity (Wildman–Crippen MR) is 68.2 cm³/mol. The molecule has 0 aromatic rings. The van der Waals surface area contributed by atoms with Gasteiger partial charge in [-0.1, -0.05) is 23.3 Å². The molecule has 0 unspecified atom stereocenters. The second-order valence-corrected chi connectivity index (χ2v) is 4.00. The lowest BCUT2D eigenvalue weighted by atomic mass is 10.1. The van der Waals surface area contributed by atoms with E-state index in [-0.39, 0.29) is 5.97 Å². The van der Waals surface area contributed by atoms with Crippen LogP contribution in [-0.4, -0.2) is 12.6 Å². The number of carbonyl (C=O) groups is 1. The maximum absolute atomic E-state index is 11.0. The van der Waals surface area contributed by atoms with Crippen LogP contribution in [0.15, 0.2) is 35.5 Å². The van der Waals surface area contributed by atoms with E-state index in [1.54, 1.807) is 13.0 Å². The maximum Gasteiger partial charge on any atom is 0.330 e. The lowest BCUT2D eigenvalue weighted by molar-refractivity contribution is -0.136. The number of rotatable bonds is 6. The van der Waals surface area contributed by atoms with E-state index >= 15 is 0 Å². The highest BCUT2D eigenvalue weighted by atomic mass is 16.5. The number of allylic oxidation sites excluding steroid dienone is 4. The molecular weight excluding hydrogens is 200 g/mol. The molecule has 0 atom stereocenters. The minimum Gasteiger partial charge on any atom is -0.458 e. The molecule has 0 radical (unpaired) electrons. The van der Waals surface area contributed by atoms with Crippen molar-refractivity contribution in [2.45, 2.75) is 40.5 Å². The molecule has 0 saturated carbocycles. The van der Waals surface area contributed by atoms with Crippen molar-refractivity contribution in [3.05, 3.63) is 35.5 Å². The zero-order chi connectivity index (χ0) is 12.4. The van der Waals surface area contributed by atoms with Crippen molar-refractivity contribution in [1.82, 2.24) is 0 Å². The van der Waals surface area contributed by atoms with Crippen molar-refractivity contribution in [3.63, 3.8) is 0 Å². The monoisotopic (exact) mass is 222 g/mol. The number of hydrogen-bond donors (Lipinski definition) is 0. The Bertz CT molecular complexity index is 292. The van der Waals surface area contributed by atoms with Crippen LogP contribution in [0.2, 0.25) is 0 Å². The Labute approximate surface area is 98.7 Å². The van der Waals surface area contributed by atoms with Gasteiger partial charge in [0.1, 0.15) is 6.61 Å². The summed E-state index contributed by atoms with van der Waals surface area (Å²) >= 11 is 0. The molecule has 0 aromatic carbocycles. The molecule has 90 valence electrons. The highest BCUT2D eigenvalue weighted by Crippen LogP contribution is 2.06. The summed E-state index contributed by atoms with van der Waals surface area (Å²) in [5.41, 5.74) is 2.60. The summed E-state index contributed by atoms with van der Waals surface area (Å²) in [7, 11) is 0. The molecule has 0 rings (SSSR count). The summed E-state index contributed by atoms with van der Waals surface area (Å²) < 4.78 is 4.96. The minimum absolute atomic E-state index is 0.282. The maximum atomic E-state index is 11.0. The molecule has 0 fully saturated rings. The predicted octanol–water partition coefficient (Wildman–Crippen LogP) is 3.80. The molecule has 0 aromatic heterocycles. The molecule has 16 heavy (non-hydrogen) atoms. The van der Waals surface area contributed by atoms with Gasteiger partial charge in [0.25, 0.3) is 0 Å². The molecule has 0 aliphatic heterocycles. The third-order valence-corrected chi connectivity index (χ3v) is 2.05. The van der Waals surface area contributed by atoms with Crippen LogP contribution in [-0.2, 0) is 9.53 Å². The van der Waals surface area contributed by atoms with E-state index in [2.05, 4.69) is 26.8 Å². The lowest BCUT2D eigenvalue weighted by Crippen LogP contribution is -2.00. The first kappa shape index (κ1) is 14.7. The first-order valence-electron chi connectivity index (χ1n) is 5.64. The van der Waals surface area contributed by atoms with E-state index in [1.807, 2.05) is 6.08 Å². The Morgan fingerprint density at radius 2 is 1.88 bits per heavy atom. The van der Waals surface area contributed by atoms with Crippen LogP contribution in [0, 0.1) is 0 Å². The van der Waals surface area contributed by atoms with E-state index in [9.17, 15) is 4.79 Å². The normalized spacial score (nSPS) is 11.6. The zero-order valence-corrected chi connectivity index (χ0v) is 10.7. The molecule has 0 N–H and O–H groups in total. The van der Waals surface area contributed by atoms with Crippen LogP contribution >= 0.6 is 0 Å². The standard InChI is InChI=1S/C14H22O2/c1-5-7-14(15)16-11-10-13(4)9-6-8-12(2)3/h5,7-8,10H,6,9,11H2,1-4H3/b7-5+,13-10+. The second-order valence-electron chi connectivity index (χ2n) is 4.00. The summed E-state index contributed by atoms with van der Waals surface area (Å²) in [5, 5.41) is 0. The molecule has 2 nitrogen and oxygen atoms in total. The average Bonchev–Trinajstić information content (AvgIpc) is 2.17. The fourth-order valence-corrected chi connectivity index (χ4v) is 1.14. The van der Waals surface area contributed by atoms with Gasteiger partial charge in [-0.25, -0.2) is 4.79 Å². The number of carbonyl (C=O) groups excluding carboxylic acids is 1. The molecule has 0 saturated heterocycles. The Kier molecular flexibility index (Phi) is 8.22. The summed E-state index contributed by atoms with van der Waals surface area (Å²) in [6.45, 7) is 8.41. The van der Waals surface area contributed by atoms with Gasteiger partial charge in [0.15, 0.2) is 0 Å². The SMILES string of the molecule is C/C=C/C(=O)OC/C=C(\C)CCC=C(C)C. The van der Waals surface area contributed by atoms with Crippen LogP contribution in [0.4, 0.5) is 0 Å². The quantitative estimate of drug-likeness (QED) is 0.388. The average molecular weight is 222 g/mol. The van der Waals surface area contributed by atoms with Gasteiger partial charge in [-0.15, -0.1) is 0 Å². The summed E-state index contributed by atoms with van der Waals surface area (Å²) in [6.07, 6.45) is 9.34. The summed E-state index contributed by atoms with van der Waals surface area (Å²) in [5.74, 6) is -0.282. The van der Waals surface area contributed by atoms with Crippen LogP contribution < -0.4 is 0 Å². The lowest BCUT2D eigenvalue weighted by Gasteiger charge is -2.00. The molecule has 0 heterocycles. The van der Waals surface area contributed by atoms with Gasteiger partial charge in [-0.3, -0.25) is 0 Å². The van der Waals surface area contributed by atoms with E-state index in [4.69, 9.17) is 4.74 Å². The van der Waals surface area contributed by atoms with Crippen LogP contribution in [0.1, 0.15) is 40.5 Å². The Morgan fingerprint density at radius 3 is 2.44 bits per heavy atom. The van der Waals surface area contributed by atoms with Crippen LogP contribution in [0.5, 0.6) is 0 Å². The van der Waals surface area contributed by atoms with Crippen LogP contribution in [0.25, 0.3) is 0 Å². The van der Waals surface area contributed by atoms with Gasteiger partial charge < -0.3 is 4.74 Å². The Hall–Kier alpha value is -1.31.